The Morgan fingerprint density at radius 3 is 1.94 bits per heavy atom. The predicted molar refractivity (Wildman–Crippen MR) is 70.6 cm³/mol. The fourth-order valence-corrected chi connectivity index (χ4v) is 5.03. The molecule has 0 aromatic heterocycles. The maximum Gasteiger partial charge on any atom is 0.495 e. The van der Waals surface area contributed by atoms with Gasteiger partial charge in [0.1, 0.15) is 0 Å². The molecular weight excluding hydrogens is 276 g/mol. The van der Waals surface area contributed by atoms with Crippen molar-refractivity contribution < 1.29 is 21.6 Å². The van der Waals surface area contributed by atoms with Gasteiger partial charge >= 0.3 is 4.38 Å². The van der Waals surface area contributed by atoms with Gasteiger partial charge in [-0.15, -0.1) is 4.79 Å². The summed E-state index contributed by atoms with van der Waals surface area (Å²) in [4.78, 5) is 2.52. The molecule has 0 N–H and O–H groups in total. The molecule has 0 saturated carbocycles. The monoisotopic (exact) mass is 296 g/mol. The first-order valence-electron chi connectivity index (χ1n) is 5.70. The van der Waals surface area contributed by atoms with Gasteiger partial charge in [0, 0.05) is 0 Å². The Labute approximate surface area is 109 Å². The van der Waals surface area contributed by atoms with Crippen LogP contribution in [0, 0.1) is 0 Å². The summed E-state index contributed by atoms with van der Waals surface area (Å²) in [5.74, 6) is -0.324. The van der Waals surface area contributed by atoms with Crippen molar-refractivity contribution in [1.82, 2.24) is 0 Å². The second-order valence-corrected chi connectivity index (χ2v) is 9.91. The number of rotatable bonds is 4. The van der Waals surface area contributed by atoms with E-state index in [1.54, 1.807) is 0 Å². The third-order valence-electron chi connectivity index (χ3n) is 2.40. The van der Waals surface area contributed by atoms with Crippen molar-refractivity contribution in [2.75, 3.05) is 5.75 Å². The maximum absolute atomic E-state index is 12.0. The molecule has 0 atom stereocenters. The zero-order valence-electron chi connectivity index (χ0n) is 11.2. The molecule has 18 heavy (non-hydrogen) atoms. The first kappa shape index (κ1) is 17.3. The van der Waals surface area contributed by atoms with Crippen LogP contribution < -0.4 is 0 Å². The van der Waals surface area contributed by atoms with E-state index in [1.807, 2.05) is 6.92 Å². The molecule has 0 aliphatic heterocycles. The lowest BCUT2D eigenvalue weighted by atomic mass is 10.3. The summed E-state index contributed by atoms with van der Waals surface area (Å²) in [5, 5.41) is 0. The Balaban J connectivity index is 5.46. The molecule has 0 fully saturated rings. The quantitative estimate of drug-likeness (QED) is 0.257. The van der Waals surface area contributed by atoms with E-state index in [4.69, 9.17) is 5.53 Å². The summed E-state index contributed by atoms with van der Waals surface area (Å²) in [5.41, 5.74) is 8.75. The van der Waals surface area contributed by atoms with E-state index < -0.39 is 28.8 Å². The van der Waals surface area contributed by atoms with Crippen LogP contribution in [-0.4, -0.2) is 36.5 Å². The van der Waals surface area contributed by atoms with Gasteiger partial charge < -0.3 is 5.53 Å². The molecule has 6 nitrogen and oxygen atoms in total. The predicted octanol–water partition coefficient (Wildman–Crippen LogP) is 1.39. The van der Waals surface area contributed by atoms with Gasteiger partial charge in [0.05, 0.1) is 10.5 Å². The van der Waals surface area contributed by atoms with Crippen LogP contribution in [0.4, 0.5) is 0 Å². The van der Waals surface area contributed by atoms with Crippen LogP contribution in [0.1, 0.15) is 47.0 Å². The van der Waals surface area contributed by atoms with Crippen molar-refractivity contribution >= 4 is 24.1 Å². The second kappa shape index (κ2) is 5.95. The van der Waals surface area contributed by atoms with E-state index in [0.717, 1.165) is 6.42 Å². The lowest BCUT2D eigenvalue weighted by molar-refractivity contribution is 0.00366. The van der Waals surface area contributed by atoms with E-state index in [9.17, 15) is 16.8 Å². The van der Waals surface area contributed by atoms with Gasteiger partial charge in [0.25, 0.3) is 19.7 Å². The summed E-state index contributed by atoms with van der Waals surface area (Å²) in [6, 6.07) is 0. The summed E-state index contributed by atoms with van der Waals surface area (Å²) in [6.07, 6.45) is 1.83. The van der Waals surface area contributed by atoms with Crippen LogP contribution in [0.3, 0.4) is 0 Å². The summed E-state index contributed by atoms with van der Waals surface area (Å²) < 4.78 is 45.3. The van der Waals surface area contributed by atoms with E-state index in [-0.39, 0.29) is 5.75 Å². The van der Waals surface area contributed by atoms with Crippen molar-refractivity contribution in [2.24, 2.45) is 0 Å². The lowest BCUT2D eigenvalue weighted by Gasteiger charge is -2.15. The van der Waals surface area contributed by atoms with E-state index >= 15 is 0 Å². The number of nitrogens with zero attached hydrogens (tertiary/aromatic N) is 2. The van der Waals surface area contributed by atoms with Gasteiger partial charge in [0.15, 0.2) is 0 Å². The molecular formula is C10H20N2O4S2. The van der Waals surface area contributed by atoms with Crippen LogP contribution in [0.5, 0.6) is 0 Å². The molecule has 0 aliphatic rings. The van der Waals surface area contributed by atoms with Crippen LogP contribution in [-0.2, 0) is 19.7 Å². The Hall–Kier alpha value is -0.720. The molecule has 0 aromatic carbocycles. The van der Waals surface area contributed by atoms with Gasteiger partial charge in [-0.3, -0.25) is 0 Å². The highest BCUT2D eigenvalue weighted by molar-refractivity contribution is 8.31. The first-order valence-corrected chi connectivity index (χ1v) is 8.83. The first-order chi connectivity index (χ1) is 8.00. The third kappa shape index (κ3) is 3.90. The molecule has 0 unspecified atom stereocenters. The molecule has 106 valence electrons. The maximum atomic E-state index is 12.0. The molecule has 0 radical (unpaired) electrons. The highest BCUT2D eigenvalue weighted by Gasteiger charge is 2.48. The molecule has 0 saturated heterocycles. The fraction of sp³-hybridized carbons (Fsp3) is 0.900. The average Bonchev–Trinajstić information content (AvgIpc) is 2.15. The molecule has 0 aromatic rings. The minimum absolute atomic E-state index is 0.324. The SMILES string of the molecule is CCCCCS(=O)(=O)C(=[N+]=[N-])S(=O)(=O)C(C)(C)C. The molecule has 0 bridgehead atoms. The standard InChI is InChI=1S/C10H20N2O4S2/c1-5-6-7-8-17(13,14)9(12-11)18(15,16)10(2,3)4/h5-8H2,1-4H3. The summed E-state index contributed by atoms with van der Waals surface area (Å²) in [7, 11) is -8.24. The van der Waals surface area contributed by atoms with Crippen LogP contribution in [0.25, 0.3) is 5.53 Å². The van der Waals surface area contributed by atoms with E-state index in [0.29, 0.717) is 12.8 Å². The van der Waals surface area contributed by atoms with Crippen molar-refractivity contribution in [2.45, 2.75) is 51.7 Å². The number of sulfone groups is 2. The average molecular weight is 296 g/mol. The van der Waals surface area contributed by atoms with Crippen molar-refractivity contribution in [3.8, 4) is 0 Å². The molecule has 0 aliphatic carbocycles. The normalized spacial score (nSPS) is 13.1. The highest BCUT2D eigenvalue weighted by atomic mass is 32.3. The molecule has 0 rings (SSSR count). The molecule has 8 heteroatoms. The van der Waals surface area contributed by atoms with Crippen LogP contribution >= 0.6 is 0 Å². The lowest BCUT2D eigenvalue weighted by Crippen LogP contribution is -2.39. The van der Waals surface area contributed by atoms with Crippen LogP contribution in [0.15, 0.2) is 0 Å². The van der Waals surface area contributed by atoms with Gasteiger partial charge in [0.2, 0.25) is 0 Å². The van der Waals surface area contributed by atoms with E-state index in [1.165, 1.54) is 20.8 Å². The van der Waals surface area contributed by atoms with E-state index in [2.05, 4.69) is 4.79 Å². The molecule has 0 spiro atoms. The van der Waals surface area contributed by atoms with Crippen LogP contribution in [0.2, 0.25) is 0 Å². The highest BCUT2D eigenvalue weighted by Crippen LogP contribution is 2.20. The number of hydrogen-bond donors (Lipinski definition) is 0. The minimum atomic E-state index is -4.17. The summed E-state index contributed by atoms with van der Waals surface area (Å²) in [6.45, 7) is 5.97. The second-order valence-electron chi connectivity index (χ2n) is 5.01. The Kier molecular flexibility index (Phi) is 5.71. The van der Waals surface area contributed by atoms with Gasteiger partial charge in [-0.05, 0) is 27.2 Å². The summed E-state index contributed by atoms with van der Waals surface area (Å²) >= 11 is 0. The van der Waals surface area contributed by atoms with Gasteiger partial charge in [-0.25, -0.2) is 16.8 Å². The van der Waals surface area contributed by atoms with Gasteiger partial charge in [-0.2, -0.15) is 0 Å². The Bertz CT molecular complexity index is 535. The largest absolute Gasteiger partial charge is 0.495 e. The minimum Gasteiger partial charge on any atom is -0.359 e. The Morgan fingerprint density at radius 2 is 1.61 bits per heavy atom. The zero-order valence-corrected chi connectivity index (χ0v) is 12.8. The van der Waals surface area contributed by atoms with Crippen molar-refractivity contribution in [1.29, 1.82) is 0 Å². The van der Waals surface area contributed by atoms with Gasteiger partial charge in [-0.1, -0.05) is 19.8 Å². The fourth-order valence-electron chi connectivity index (χ4n) is 1.17. The van der Waals surface area contributed by atoms with Crippen molar-refractivity contribution in [3.63, 3.8) is 0 Å². The zero-order chi connectivity index (χ0) is 14.6. The molecule has 0 amide bonds. The third-order valence-corrected chi connectivity index (χ3v) is 7.41. The number of unbranched alkanes of at least 4 members (excludes halogenated alkanes) is 2. The number of hydrogen-bond acceptors (Lipinski definition) is 4. The van der Waals surface area contributed by atoms with Crippen molar-refractivity contribution in [3.05, 3.63) is 5.53 Å². The molecule has 0 heterocycles. The Morgan fingerprint density at radius 1 is 1.11 bits per heavy atom. The topological polar surface area (TPSA) is 105 Å². The smallest absolute Gasteiger partial charge is 0.359 e.